The fourth-order valence-corrected chi connectivity index (χ4v) is 3.81. The van der Waals surface area contributed by atoms with E-state index in [1.807, 2.05) is 30.3 Å². The molecule has 0 fully saturated rings. The second kappa shape index (κ2) is 10.1. The van der Waals surface area contributed by atoms with Crippen LogP contribution in [0.5, 0.6) is 0 Å². The summed E-state index contributed by atoms with van der Waals surface area (Å²) in [6.07, 6.45) is 0.517. The number of carbonyl (C=O) groups is 5. The zero-order valence-corrected chi connectivity index (χ0v) is 18.9. The molecule has 0 saturated carbocycles. The molecule has 35 heavy (non-hydrogen) atoms. The molecule has 3 aromatic rings. The minimum Gasteiger partial charge on any atom is -0.452 e. The first kappa shape index (κ1) is 23.6. The molecular weight excluding hydrogens is 448 g/mol. The van der Waals surface area contributed by atoms with Crippen LogP contribution in [0.1, 0.15) is 53.9 Å². The summed E-state index contributed by atoms with van der Waals surface area (Å²) in [6.45, 7) is 1.02. The second-order valence-corrected chi connectivity index (χ2v) is 7.98. The Morgan fingerprint density at radius 1 is 0.857 bits per heavy atom. The van der Waals surface area contributed by atoms with E-state index < -0.39 is 30.3 Å². The number of ketones is 1. The molecule has 0 aromatic heterocycles. The fraction of sp³-hybridized carbons (Fsp3) is 0.148. The number of amides is 3. The first-order valence-corrected chi connectivity index (χ1v) is 11.0. The van der Waals surface area contributed by atoms with Gasteiger partial charge in [-0.3, -0.25) is 24.1 Å². The van der Waals surface area contributed by atoms with E-state index in [-0.39, 0.29) is 29.0 Å². The van der Waals surface area contributed by atoms with Gasteiger partial charge in [0, 0.05) is 12.1 Å². The van der Waals surface area contributed by atoms with Crippen LogP contribution in [0.3, 0.4) is 0 Å². The van der Waals surface area contributed by atoms with E-state index in [0.717, 1.165) is 10.5 Å². The summed E-state index contributed by atoms with van der Waals surface area (Å²) in [7, 11) is 0. The molecule has 176 valence electrons. The minimum absolute atomic E-state index is 0.0479. The van der Waals surface area contributed by atoms with Gasteiger partial charge in [-0.25, -0.2) is 4.79 Å². The van der Waals surface area contributed by atoms with Crippen molar-refractivity contribution in [3.8, 4) is 0 Å². The van der Waals surface area contributed by atoms with E-state index in [4.69, 9.17) is 4.74 Å². The zero-order chi connectivity index (χ0) is 24.9. The number of nitrogens with one attached hydrogen (secondary N) is 1. The first-order valence-electron chi connectivity index (χ1n) is 11.0. The third-order valence-electron chi connectivity index (χ3n) is 5.59. The number of rotatable bonds is 8. The Labute approximate surface area is 201 Å². The van der Waals surface area contributed by atoms with Crippen molar-refractivity contribution in [3.63, 3.8) is 0 Å². The summed E-state index contributed by atoms with van der Waals surface area (Å²) in [5, 5.41) is 2.54. The number of imide groups is 1. The van der Waals surface area contributed by atoms with E-state index in [0.29, 0.717) is 17.7 Å². The number of hydrogen-bond donors (Lipinski definition) is 1. The van der Waals surface area contributed by atoms with Gasteiger partial charge in [0.05, 0.1) is 22.4 Å². The summed E-state index contributed by atoms with van der Waals surface area (Å²) in [5.74, 6) is -2.54. The van der Waals surface area contributed by atoms with Crippen molar-refractivity contribution in [1.82, 2.24) is 4.90 Å². The van der Waals surface area contributed by atoms with Gasteiger partial charge in [0.2, 0.25) is 0 Å². The van der Waals surface area contributed by atoms with Gasteiger partial charge < -0.3 is 10.1 Å². The van der Waals surface area contributed by atoms with Gasteiger partial charge in [-0.1, -0.05) is 42.5 Å². The van der Waals surface area contributed by atoms with Crippen LogP contribution in [0.4, 0.5) is 5.69 Å². The maximum Gasteiger partial charge on any atom is 0.338 e. The van der Waals surface area contributed by atoms with Gasteiger partial charge >= 0.3 is 5.97 Å². The molecule has 1 aliphatic heterocycles. The first-order chi connectivity index (χ1) is 16.8. The normalized spacial score (nSPS) is 12.3. The molecule has 0 radical (unpaired) electrons. The smallest absolute Gasteiger partial charge is 0.338 e. The van der Waals surface area contributed by atoms with Crippen LogP contribution >= 0.6 is 0 Å². The molecule has 0 unspecified atom stereocenters. The Kier molecular flexibility index (Phi) is 6.82. The van der Waals surface area contributed by atoms with Crippen molar-refractivity contribution < 1.29 is 28.7 Å². The maximum absolute atomic E-state index is 12.8. The number of hydrogen-bond acceptors (Lipinski definition) is 6. The highest BCUT2D eigenvalue weighted by atomic mass is 16.5. The number of benzene rings is 3. The highest BCUT2D eigenvalue weighted by Crippen LogP contribution is 2.25. The van der Waals surface area contributed by atoms with E-state index in [1.54, 1.807) is 24.3 Å². The average molecular weight is 470 g/mol. The molecule has 1 aliphatic rings. The minimum atomic E-state index is -0.814. The second-order valence-electron chi connectivity index (χ2n) is 7.98. The molecule has 1 N–H and O–H groups in total. The predicted molar refractivity (Wildman–Crippen MR) is 127 cm³/mol. The van der Waals surface area contributed by atoms with E-state index in [2.05, 4.69) is 5.32 Å². The Bertz CT molecular complexity index is 1330. The average Bonchev–Trinajstić information content (AvgIpc) is 3.10. The standard InChI is InChI=1S/C27H22N2O6/c1-17(30)20-9-5-6-10-23(20)28-24(31)16-35-27(34)19-11-12-21-22(15-19)26(33)29(25(21)32)14-13-18-7-3-2-4-8-18/h2-12,15H,13-14,16H2,1H3,(H,28,31). The van der Waals surface area contributed by atoms with Gasteiger partial charge in [-0.05, 0) is 49.2 Å². The predicted octanol–water partition coefficient (Wildman–Crippen LogP) is 3.52. The fourth-order valence-electron chi connectivity index (χ4n) is 3.81. The van der Waals surface area contributed by atoms with Crippen molar-refractivity contribution in [2.75, 3.05) is 18.5 Å². The van der Waals surface area contributed by atoms with Crippen LogP contribution in [0.2, 0.25) is 0 Å². The SMILES string of the molecule is CC(=O)c1ccccc1NC(=O)COC(=O)c1ccc2c(c1)C(=O)N(CCc1ccccc1)C2=O. The lowest BCUT2D eigenvalue weighted by atomic mass is 10.1. The molecule has 0 atom stereocenters. The van der Waals surface area contributed by atoms with E-state index in [9.17, 15) is 24.0 Å². The Morgan fingerprint density at radius 3 is 2.29 bits per heavy atom. The molecule has 0 spiro atoms. The summed E-state index contributed by atoms with van der Waals surface area (Å²) < 4.78 is 5.07. The molecule has 3 amide bonds. The van der Waals surface area contributed by atoms with Gasteiger partial charge in [0.25, 0.3) is 17.7 Å². The number of carbonyl (C=O) groups excluding carboxylic acids is 5. The Balaban J connectivity index is 1.38. The van der Waals surface area contributed by atoms with Gasteiger partial charge in [0.1, 0.15) is 0 Å². The number of para-hydroxylation sites is 1. The topological polar surface area (TPSA) is 110 Å². The number of esters is 1. The number of ether oxygens (including phenoxy) is 1. The zero-order valence-electron chi connectivity index (χ0n) is 18.9. The van der Waals surface area contributed by atoms with Crippen LogP contribution in [-0.4, -0.2) is 47.5 Å². The Hall–Kier alpha value is -4.59. The van der Waals surface area contributed by atoms with Crippen molar-refractivity contribution in [2.45, 2.75) is 13.3 Å². The summed E-state index contributed by atoms with van der Waals surface area (Å²) in [5.41, 5.74) is 2.05. The van der Waals surface area contributed by atoms with Crippen LogP contribution < -0.4 is 5.32 Å². The van der Waals surface area contributed by atoms with Crippen molar-refractivity contribution >= 4 is 35.2 Å². The van der Waals surface area contributed by atoms with Crippen molar-refractivity contribution in [2.24, 2.45) is 0 Å². The van der Waals surface area contributed by atoms with Gasteiger partial charge in [-0.2, -0.15) is 0 Å². The third kappa shape index (κ3) is 5.16. The maximum atomic E-state index is 12.8. The van der Waals surface area contributed by atoms with Crippen LogP contribution in [0.15, 0.2) is 72.8 Å². The Morgan fingerprint density at radius 2 is 1.54 bits per heavy atom. The largest absolute Gasteiger partial charge is 0.452 e. The summed E-state index contributed by atoms with van der Waals surface area (Å²) in [4.78, 5) is 63.1. The number of nitrogens with zero attached hydrogens (tertiary/aromatic N) is 1. The molecule has 8 heteroatoms. The summed E-state index contributed by atoms with van der Waals surface area (Å²) >= 11 is 0. The number of Topliss-reactive ketones (excluding diaryl/α,β-unsaturated/α-hetero) is 1. The highest BCUT2D eigenvalue weighted by Gasteiger charge is 2.35. The van der Waals surface area contributed by atoms with Crippen LogP contribution in [-0.2, 0) is 16.0 Å². The van der Waals surface area contributed by atoms with Crippen molar-refractivity contribution in [3.05, 3.63) is 101 Å². The monoisotopic (exact) mass is 470 g/mol. The quantitative estimate of drug-likeness (QED) is 0.306. The van der Waals surface area contributed by atoms with Crippen LogP contribution in [0.25, 0.3) is 0 Å². The molecule has 0 aliphatic carbocycles. The molecule has 3 aromatic carbocycles. The lowest BCUT2D eigenvalue weighted by molar-refractivity contribution is -0.119. The summed E-state index contributed by atoms with van der Waals surface area (Å²) in [6, 6.07) is 20.1. The molecule has 0 saturated heterocycles. The van der Waals surface area contributed by atoms with Crippen molar-refractivity contribution in [1.29, 1.82) is 0 Å². The molecule has 4 rings (SSSR count). The third-order valence-corrected chi connectivity index (χ3v) is 5.59. The number of anilines is 1. The molecule has 0 bridgehead atoms. The highest BCUT2D eigenvalue weighted by molar-refractivity contribution is 6.22. The molecule has 8 nitrogen and oxygen atoms in total. The lowest BCUT2D eigenvalue weighted by Gasteiger charge is -2.13. The van der Waals surface area contributed by atoms with E-state index >= 15 is 0 Å². The molecular formula is C27H22N2O6. The lowest BCUT2D eigenvalue weighted by Crippen LogP contribution is -2.31. The van der Waals surface area contributed by atoms with E-state index in [1.165, 1.54) is 25.1 Å². The molecule has 1 heterocycles. The number of fused-ring (bicyclic) bond motifs is 1. The van der Waals surface area contributed by atoms with Crippen LogP contribution in [0, 0.1) is 0 Å². The van der Waals surface area contributed by atoms with Gasteiger partial charge in [0.15, 0.2) is 12.4 Å². The van der Waals surface area contributed by atoms with Gasteiger partial charge in [-0.15, -0.1) is 0 Å².